The zero-order valence-electron chi connectivity index (χ0n) is 17.6. The number of carboxylic acid groups (broad SMARTS) is 1. The number of aromatic nitrogens is 1. The summed E-state index contributed by atoms with van der Waals surface area (Å²) in [4.78, 5) is 16.5. The molecule has 0 amide bonds. The lowest BCUT2D eigenvalue weighted by Crippen LogP contribution is -2.40. The number of hydrogen-bond donors (Lipinski definition) is 2. The predicted octanol–water partition coefficient (Wildman–Crippen LogP) is 4.10. The summed E-state index contributed by atoms with van der Waals surface area (Å²) in [5.41, 5.74) is 7.91. The zero-order valence-corrected chi connectivity index (χ0v) is 17.6. The number of ether oxygens (including phenoxy) is 1. The lowest BCUT2D eigenvalue weighted by atomic mass is 9.88. The number of nitrogens with one attached hydrogen (secondary N) is 1. The summed E-state index contributed by atoms with van der Waals surface area (Å²) in [5, 5.41) is 16.9. The average molecular weight is 429 g/mol. The zero-order chi connectivity index (χ0) is 21.7. The highest BCUT2D eigenvalue weighted by Gasteiger charge is 2.49. The van der Waals surface area contributed by atoms with Gasteiger partial charge < -0.3 is 19.7 Å². The van der Waals surface area contributed by atoms with Crippen LogP contribution in [0.15, 0.2) is 52.3 Å². The maximum absolute atomic E-state index is 12.1. The fourth-order valence-corrected chi connectivity index (χ4v) is 5.43. The van der Waals surface area contributed by atoms with Crippen LogP contribution >= 0.6 is 0 Å². The Balaban J connectivity index is 1.41. The first-order valence-corrected chi connectivity index (χ1v) is 11.1. The van der Waals surface area contributed by atoms with E-state index in [2.05, 4.69) is 45.8 Å². The molecule has 162 valence electrons. The number of aliphatic carboxylic acids is 1. The van der Waals surface area contributed by atoms with E-state index < -0.39 is 11.6 Å². The number of fused-ring (bicyclic) bond motifs is 2. The number of hydrogen-bond acceptors (Lipinski definition) is 6. The van der Waals surface area contributed by atoms with Crippen LogP contribution in [0, 0.1) is 0 Å². The molecule has 2 N–H and O–H groups in total. The van der Waals surface area contributed by atoms with Crippen LogP contribution in [0.5, 0.6) is 0 Å². The molecule has 3 aromatic rings. The number of rotatable bonds is 4. The average Bonchev–Trinajstić information content (AvgIpc) is 3.60. The van der Waals surface area contributed by atoms with Gasteiger partial charge in [0, 0.05) is 5.69 Å². The quantitative estimate of drug-likeness (QED) is 0.648. The SMILES string of the molecule is O=C(O)C1(c2cnoc2)CN=C(Nc2c3c(c(-c4ccccc4)c4c2CCC4)CCC3)O1. The molecule has 32 heavy (non-hydrogen) atoms. The number of carboxylic acids is 1. The topological polar surface area (TPSA) is 97.0 Å². The van der Waals surface area contributed by atoms with E-state index in [1.54, 1.807) is 0 Å². The van der Waals surface area contributed by atoms with Gasteiger partial charge in [-0.1, -0.05) is 35.5 Å². The lowest BCUT2D eigenvalue weighted by molar-refractivity contribution is -0.155. The summed E-state index contributed by atoms with van der Waals surface area (Å²) >= 11 is 0. The first-order chi connectivity index (χ1) is 15.7. The van der Waals surface area contributed by atoms with Gasteiger partial charge in [0.15, 0.2) is 0 Å². The molecule has 0 saturated heterocycles. The van der Waals surface area contributed by atoms with Crippen LogP contribution in [0.25, 0.3) is 11.1 Å². The molecule has 2 aliphatic carbocycles. The molecule has 0 radical (unpaired) electrons. The third kappa shape index (κ3) is 2.77. The molecule has 1 atom stereocenters. The van der Waals surface area contributed by atoms with Crippen LogP contribution in [0.1, 0.15) is 40.7 Å². The van der Waals surface area contributed by atoms with Crippen molar-refractivity contribution >= 4 is 17.7 Å². The number of nitrogens with zero attached hydrogens (tertiary/aromatic N) is 2. The molecule has 2 aromatic carbocycles. The minimum atomic E-state index is -1.61. The summed E-state index contributed by atoms with van der Waals surface area (Å²) < 4.78 is 10.8. The molecule has 1 aliphatic heterocycles. The van der Waals surface area contributed by atoms with E-state index in [1.807, 2.05) is 0 Å². The minimum Gasteiger partial charge on any atom is -0.478 e. The fraction of sp³-hybridized carbons (Fsp3) is 0.320. The standard InChI is InChI=1S/C25H23N3O4/c29-23(30)25(16-12-27-31-13-16)14-26-24(32-25)28-22-19-10-4-8-17(19)21(15-6-2-1-3-7-15)18-9-5-11-20(18)22/h1-3,6-7,12-13H,4-5,8-11,14H2,(H,26,28)(H,29,30). The second-order valence-corrected chi connectivity index (χ2v) is 8.63. The summed E-state index contributed by atoms with van der Waals surface area (Å²) in [6.45, 7) is -0.0294. The van der Waals surface area contributed by atoms with E-state index in [0.717, 1.165) is 44.2 Å². The predicted molar refractivity (Wildman–Crippen MR) is 119 cm³/mol. The van der Waals surface area contributed by atoms with E-state index in [0.29, 0.717) is 5.56 Å². The van der Waals surface area contributed by atoms with Crippen LogP contribution in [0.4, 0.5) is 5.69 Å². The second kappa shape index (κ2) is 7.22. The normalized spacial score (nSPS) is 21.1. The molecule has 1 aromatic heterocycles. The van der Waals surface area contributed by atoms with Crippen LogP contribution in [0.3, 0.4) is 0 Å². The second-order valence-electron chi connectivity index (χ2n) is 8.63. The molecule has 0 bridgehead atoms. The monoisotopic (exact) mass is 429 g/mol. The Labute approximate surface area is 185 Å². The molecule has 7 heteroatoms. The fourth-order valence-electron chi connectivity index (χ4n) is 5.43. The number of aliphatic imine (C=N–C) groups is 1. The summed E-state index contributed by atoms with van der Waals surface area (Å²) in [5.74, 6) is -1.11. The van der Waals surface area contributed by atoms with Crippen molar-refractivity contribution in [2.24, 2.45) is 4.99 Å². The highest BCUT2D eigenvalue weighted by molar-refractivity contribution is 5.97. The van der Waals surface area contributed by atoms with Crippen molar-refractivity contribution in [3.05, 3.63) is 70.6 Å². The maximum Gasteiger partial charge on any atom is 0.355 e. The van der Waals surface area contributed by atoms with Crippen molar-refractivity contribution in [1.82, 2.24) is 5.16 Å². The molecule has 0 saturated carbocycles. The first-order valence-electron chi connectivity index (χ1n) is 11.1. The molecule has 3 aliphatic rings. The van der Waals surface area contributed by atoms with Crippen LogP contribution in [-0.4, -0.2) is 28.8 Å². The van der Waals surface area contributed by atoms with Gasteiger partial charge in [0.05, 0.1) is 11.8 Å². The Morgan fingerprint density at radius 2 is 1.69 bits per heavy atom. The van der Waals surface area contributed by atoms with Gasteiger partial charge in [-0.05, 0) is 71.9 Å². The number of amidine groups is 1. The van der Waals surface area contributed by atoms with Gasteiger partial charge in [-0.2, -0.15) is 0 Å². The van der Waals surface area contributed by atoms with Crippen molar-refractivity contribution in [3.63, 3.8) is 0 Å². The van der Waals surface area contributed by atoms with Gasteiger partial charge in [-0.15, -0.1) is 0 Å². The van der Waals surface area contributed by atoms with Crippen LogP contribution in [0.2, 0.25) is 0 Å². The summed E-state index contributed by atoms with van der Waals surface area (Å²) in [6, 6.07) is 10.9. The van der Waals surface area contributed by atoms with Crippen LogP contribution < -0.4 is 5.32 Å². The van der Waals surface area contributed by atoms with Crippen molar-refractivity contribution in [2.75, 3.05) is 11.9 Å². The third-order valence-corrected chi connectivity index (χ3v) is 6.90. The highest BCUT2D eigenvalue weighted by atomic mass is 16.6. The summed E-state index contributed by atoms with van der Waals surface area (Å²) in [6.07, 6.45) is 8.98. The highest BCUT2D eigenvalue weighted by Crippen LogP contribution is 2.46. The Kier molecular flexibility index (Phi) is 4.31. The van der Waals surface area contributed by atoms with Crippen molar-refractivity contribution in [1.29, 1.82) is 0 Å². The van der Waals surface area contributed by atoms with Crippen molar-refractivity contribution in [3.8, 4) is 11.1 Å². The van der Waals surface area contributed by atoms with Gasteiger partial charge in [0.25, 0.3) is 11.6 Å². The largest absolute Gasteiger partial charge is 0.478 e. The Hall–Kier alpha value is -3.61. The van der Waals surface area contributed by atoms with E-state index in [4.69, 9.17) is 9.26 Å². The van der Waals surface area contributed by atoms with Gasteiger partial charge >= 0.3 is 5.97 Å². The molecule has 2 heterocycles. The lowest BCUT2D eigenvalue weighted by Gasteiger charge is -2.24. The van der Waals surface area contributed by atoms with Crippen molar-refractivity contribution < 1.29 is 19.2 Å². The van der Waals surface area contributed by atoms with Gasteiger partial charge in [0.1, 0.15) is 12.8 Å². The maximum atomic E-state index is 12.1. The van der Waals surface area contributed by atoms with Gasteiger partial charge in [-0.25, -0.2) is 9.79 Å². The molecular weight excluding hydrogens is 406 g/mol. The minimum absolute atomic E-state index is 0.0294. The molecule has 7 nitrogen and oxygen atoms in total. The van der Waals surface area contributed by atoms with E-state index in [9.17, 15) is 9.90 Å². The number of anilines is 1. The Morgan fingerprint density at radius 3 is 2.31 bits per heavy atom. The number of carbonyl (C=O) groups is 1. The summed E-state index contributed by atoms with van der Waals surface area (Å²) in [7, 11) is 0. The molecule has 6 rings (SSSR count). The van der Waals surface area contributed by atoms with E-state index >= 15 is 0 Å². The number of benzene rings is 2. The Bertz CT molecular complexity index is 1200. The molecular formula is C25H23N3O4. The smallest absolute Gasteiger partial charge is 0.355 e. The first kappa shape index (κ1) is 19.1. The van der Waals surface area contributed by atoms with Gasteiger partial charge in [0.2, 0.25) is 0 Å². The third-order valence-electron chi connectivity index (χ3n) is 6.90. The van der Waals surface area contributed by atoms with E-state index in [1.165, 1.54) is 45.8 Å². The molecule has 0 fully saturated rings. The molecule has 1 unspecified atom stereocenters. The Morgan fingerprint density at radius 1 is 1.00 bits per heavy atom. The van der Waals surface area contributed by atoms with Gasteiger partial charge in [-0.3, -0.25) is 0 Å². The van der Waals surface area contributed by atoms with E-state index in [-0.39, 0.29) is 12.6 Å². The van der Waals surface area contributed by atoms with Crippen molar-refractivity contribution in [2.45, 2.75) is 44.1 Å². The molecule has 0 spiro atoms. The van der Waals surface area contributed by atoms with Crippen LogP contribution in [-0.2, 0) is 40.8 Å².